The molecule has 0 bridgehead atoms. The monoisotopic (exact) mass is 214 g/mol. The number of aromatic nitrogens is 2. The van der Waals surface area contributed by atoms with E-state index in [-0.39, 0.29) is 23.7 Å². The summed E-state index contributed by atoms with van der Waals surface area (Å²) in [4.78, 5) is 27.7. The van der Waals surface area contributed by atoms with E-state index in [1.54, 1.807) is 0 Å². The number of hydrogen-bond donors (Lipinski definition) is 3. The second-order valence-corrected chi connectivity index (χ2v) is 3.62. The maximum Gasteiger partial charge on any atom is 0.253 e. The van der Waals surface area contributed by atoms with Gasteiger partial charge in [-0.15, -0.1) is 0 Å². The number of rotatable bonds is 4. The fraction of sp³-hybridized carbons (Fsp3) is 0.286. The van der Waals surface area contributed by atoms with Gasteiger partial charge in [-0.3, -0.25) is 9.59 Å². The first-order valence-corrected chi connectivity index (χ1v) is 4.84. The van der Waals surface area contributed by atoms with Crippen LogP contribution >= 0.6 is 11.8 Å². The molecule has 76 valence electrons. The van der Waals surface area contributed by atoms with E-state index in [0.717, 1.165) is 0 Å². The SMILES string of the molecule is NC(=O)CCSc1nc(N)cc(=O)[nH]1. The molecular weight excluding hydrogens is 204 g/mol. The van der Waals surface area contributed by atoms with Gasteiger partial charge in [-0.1, -0.05) is 11.8 Å². The quantitative estimate of drug-likeness (QED) is 0.453. The van der Waals surface area contributed by atoms with Crippen LogP contribution in [-0.4, -0.2) is 21.6 Å². The van der Waals surface area contributed by atoms with Crippen LogP contribution in [0.4, 0.5) is 5.82 Å². The summed E-state index contributed by atoms with van der Waals surface area (Å²) in [7, 11) is 0. The average molecular weight is 214 g/mol. The van der Waals surface area contributed by atoms with Gasteiger partial charge in [0.25, 0.3) is 5.56 Å². The van der Waals surface area contributed by atoms with Crippen molar-refractivity contribution < 1.29 is 4.79 Å². The van der Waals surface area contributed by atoms with E-state index in [1.165, 1.54) is 17.8 Å². The summed E-state index contributed by atoms with van der Waals surface area (Å²) in [6.07, 6.45) is 0.239. The first-order chi connectivity index (χ1) is 6.58. The number of nitrogen functional groups attached to an aromatic ring is 1. The van der Waals surface area contributed by atoms with Crippen LogP contribution in [0.5, 0.6) is 0 Å². The molecule has 0 saturated carbocycles. The third-order valence-corrected chi connectivity index (χ3v) is 2.20. The highest BCUT2D eigenvalue weighted by atomic mass is 32.2. The highest BCUT2D eigenvalue weighted by Crippen LogP contribution is 2.12. The molecule has 1 aromatic rings. The molecule has 0 aliphatic rings. The van der Waals surface area contributed by atoms with Gasteiger partial charge >= 0.3 is 0 Å². The van der Waals surface area contributed by atoms with Crippen molar-refractivity contribution in [2.24, 2.45) is 5.73 Å². The van der Waals surface area contributed by atoms with Crippen molar-refractivity contribution in [2.45, 2.75) is 11.6 Å². The van der Waals surface area contributed by atoms with E-state index in [9.17, 15) is 9.59 Å². The predicted molar refractivity (Wildman–Crippen MR) is 53.8 cm³/mol. The molecule has 1 aromatic heterocycles. The number of nitrogens with zero attached hydrogens (tertiary/aromatic N) is 1. The van der Waals surface area contributed by atoms with Crippen LogP contribution < -0.4 is 17.0 Å². The molecule has 0 aliphatic heterocycles. The van der Waals surface area contributed by atoms with Crippen molar-refractivity contribution in [1.29, 1.82) is 0 Å². The largest absolute Gasteiger partial charge is 0.383 e. The number of carbonyl (C=O) groups excluding carboxylic acids is 1. The number of nitrogens with two attached hydrogens (primary N) is 2. The summed E-state index contributed by atoms with van der Waals surface area (Å²) in [5.74, 6) is 0.251. The van der Waals surface area contributed by atoms with Crippen molar-refractivity contribution in [3.05, 3.63) is 16.4 Å². The van der Waals surface area contributed by atoms with Gasteiger partial charge in [-0.05, 0) is 0 Å². The highest BCUT2D eigenvalue weighted by molar-refractivity contribution is 7.99. The van der Waals surface area contributed by atoms with Crippen LogP contribution in [-0.2, 0) is 4.79 Å². The Balaban J connectivity index is 2.59. The minimum atomic E-state index is -0.385. The lowest BCUT2D eigenvalue weighted by atomic mass is 10.5. The zero-order valence-corrected chi connectivity index (χ0v) is 8.13. The summed E-state index contributed by atoms with van der Waals surface area (Å²) in [5.41, 5.74) is 10.00. The Labute approximate surface area is 84.1 Å². The van der Waals surface area contributed by atoms with Crippen molar-refractivity contribution in [3.8, 4) is 0 Å². The lowest BCUT2D eigenvalue weighted by Crippen LogP contribution is -2.12. The fourth-order valence-electron chi connectivity index (χ4n) is 0.770. The molecule has 1 rings (SSSR count). The molecule has 6 nitrogen and oxygen atoms in total. The summed E-state index contributed by atoms with van der Waals surface area (Å²) >= 11 is 1.23. The molecule has 7 heteroatoms. The number of amides is 1. The number of H-pyrrole nitrogens is 1. The maximum absolute atomic E-state index is 10.9. The third kappa shape index (κ3) is 3.48. The average Bonchev–Trinajstić information content (AvgIpc) is 2.01. The van der Waals surface area contributed by atoms with Crippen molar-refractivity contribution >= 4 is 23.5 Å². The Hall–Kier alpha value is -1.50. The second kappa shape index (κ2) is 4.66. The molecular formula is C7H10N4O2S. The van der Waals surface area contributed by atoms with Crippen LogP contribution in [0.1, 0.15) is 6.42 Å². The van der Waals surface area contributed by atoms with Crippen molar-refractivity contribution in [1.82, 2.24) is 9.97 Å². The minimum Gasteiger partial charge on any atom is -0.383 e. The van der Waals surface area contributed by atoms with Gasteiger partial charge in [0.1, 0.15) is 5.82 Å². The first kappa shape index (κ1) is 10.6. The van der Waals surface area contributed by atoms with E-state index >= 15 is 0 Å². The molecule has 0 saturated heterocycles. The van der Waals surface area contributed by atoms with Gasteiger partial charge in [-0.2, -0.15) is 0 Å². The number of thioether (sulfide) groups is 1. The van der Waals surface area contributed by atoms with Crippen LogP contribution in [0.3, 0.4) is 0 Å². The highest BCUT2D eigenvalue weighted by Gasteiger charge is 2.00. The second-order valence-electron chi connectivity index (χ2n) is 2.54. The molecule has 0 spiro atoms. The maximum atomic E-state index is 10.9. The third-order valence-electron chi connectivity index (χ3n) is 1.33. The normalized spacial score (nSPS) is 10.0. The summed E-state index contributed by atoms with van der Waals surface area (Å²) in [5, 5.41) is 0.399. The molecule has 0 aromatic carbocycles. The van der Waals surface area contributed by atoms with Crippen molar-refractivity contribution in [3.63, 3.8) is 0 Å². The summed E-state index contributed by atoms with van der Waals surface area (Å²) in [6.45, 7) is 0. The molecule has 5 N–H and O–H groups in total. The lowest BCUT2D eigenvalue weighted by molar-refractivity contribution is -0.117. The Morgan fingerprint density at radius 1 is 1.64 bits per heavy atom. The van der Waals surface area contributed by atoms with Gasteiger partial charge in [0.05, 0.1) is 0 Å². The van der Waals surface area contributed by atoms with Crippen molar-refractivity contribution in [2.75, 3.05) is 11.5 Å². The van der Waals surface area contributed by atoms with Crippen LogP contribution in [0.15, 0.2) is 16.0 Å². The lowest BCUT2D eigenvalue weighted by Gasteiger charge is -1.99. The molecule has 1 heterocycles. The summed E-state index contributed by atoms with van der Waals surface area (Å²) < 4.78 is 0. The zero-order valence-electron chi connectivity index (χ0n) is 7.32. The molecule has 0 unspecified atom stereocenters. The first-order valence-electron chi connectivity index (χ1n) is 3.86. The van der Waals surface area contributed by atoms with Crippen LogP contribution in [0.25, 0.3) is 0 Å². The molecule has 1 amide bonds. The molecule has 0 radical (unpaired) electrons. The number of nitrogens with one attached hydrogen (secondary N) is 1. The molecule has 0 aliphatic carbocycles. The standard InChI is InChI=1S/C7H10N4O2S/c8-4-3-6(13)11-7(10-4)14-2-1-5(9)12/h3H,1-2H2,(H2,9,12)(H3,8,10,11,13). The van der Waals surface area contributed by atoms with Gasteiger partial charge in [0.2, 0.25) is 5.91 Å². The van der Waals surface area contributed by atoms with Gasteiger partial charge in [0, 0.05) is 18.2 Å². The Bertz CT molecular complexity index is 390. The minimum absolute atomic E-state index is 0.162. The van der Waals surface area contributed by atoms with E-state index in [2.05, 4.69) is 9.97 Å². The Morgan fingerprint density at radius 2 is 2.36 bits per heavy atom. The summed E-state index contributed by atoms with van der Waals surface area (Å²) in [6, 6.07) is 1.19. The van der Waals surface area contributed by atoms with E-state index in [4.69, 9.17) is 11.5 Å². The Kier molecular flexibility index (Phi) is 3.52. The van der Waals surface area contributed by atoms with Crippen LogP contribution in [0.2, 0.25) is 0 Å². The molecule has 0 fully saturated rings. The van der Waals surface area contributed by atoms with E-state index < -0.39 is 0 Å². The number of anilines is 1. The Morgan fingerprint density at radius 3 is 2.93 bits per heavy atom. The number of aromatic amines is 1. The van der Waals surface area contributed by atoms with Crippen LogP contribution in [0, 0.1) is 0 Å². The van der Waals surface area contributed by atoms with Gasteiger partial charge in [0.15, 0.2) is 5.16 Å². The molecule has 0 atom stereocenters. The number of hydrogen-bond acceptors (Lipinski definition) is 5. The van der Waals surface area contributed by atoms with Gasteiger partial charge in [-0.25, -0.2) is 4.98 Å². The molecule has 14 heavy (non-hydrogen) atoms. The van der Waals surface area contributed by atoms with E-state index in [1.807, 2.05) is 0 Å². The van der Waals surface area contributed by atoms with Gasteiger partial charge < -0.3 is 16.5 Å². The predicted octanol–water partition coefficient (Wildman–Crippen LogP) is -0.680. The fourth-order valence-corrected chi connectivity index (χ4v) is 1.61. The topological polar surface area (TPSA) is 115 Å². The van der Waals surface area contributed by atoms with E-state index in [0.29, 0.717) is 10.9 Å². The number of primary amides is 1. The smallest absolute Gasteiger partial charge is 0.253 e. The zero-order chi connectivity index (χ0) is 10.6. The number of carbonyl (C=O) groups is 1.